The van der Waals surface area contributed by atoms with Gasteiger partial charge in [0.1, 0.15) is 11.9 Å². The number of ether oxygens (including phenoxy) is 2. The van der Waals surface area contributed by atoms with Crippen LogP contribution in [-0.2, 0) is 11.2 Å². The van der Waals surface area contributed by atoms with Crippen molar-refractivity contribution in [2.45, 2.75) is 18.9 Å². The van der Waals surface area contributed by atoms with Crippen molar-refractivity contribution in [1.82, 2.24) is 0 Å². The van der Waals surface area contributed by atoms with E-state index in [4.69, 9.17) is 9.47 Å². The van der Waals surface area contributed by atoms with Crippen LogP contribution in [0.1, 0.15) is 12.0 Å². The summed E-state index contributed by atoms with van der Waals surface area (Å²) in [5, 5.41) is 0. The van der Waals surface area contributed by atoms with Crippen LogP contribution >= 0.6 is 0 Å². The van der Waals surface area contributed by atoms with Crippen molar-refractivity contribution in [3.8, 4) is 5.75 Å². The Kier molecular flexibility index (Phi) is 2.50. The van der Waals surface area contributed by atoms with E-state index in [9.17, 15) is 0 Å². The van der Waals surface area contributed by atoms with Gasteiger partial charge in [-0.15, -0.1) is 0 Å². The second-order valence-corrected chi connectivity index (χ2v) is 3.33. The number of fused-ring (bicyclic) bond motifs is 1. The molecule has 0 saturated carbocycles. The maximum atomic E-state index is 5.73. The molecule has 0 bridgehead atoms. The van der Waals surface area contributed by atoms with Gasteiger partial charge in [0.2, 0.25) is 0 Å². The maximum Gasteiger partial charge on any atom is 0.123 e. The standard InChI is InChI=1S/C11H14O2/c1-12-7-6-10-8-9-4-2-3-5-11(9)13-10/h2-5,10H,6-8H2,1H3. The first kappa shape index (κ1) is 8.57. The second-order valence-electron chi connectivity index (χ2n) is 3.33. The van der Waals surface area contributed by atoms with E-state index in [-0.39, 0.29) is 0 Å². The summed E-state index contributed by atoms with van der Waals surface area (Å²) in [6.45, 7) is 0.776. The summed E-state index contributed by atoms with van der Waals surface area (Å²) in [4.78, 5) is 0. The zero-order valence-corrected chi connectivity index (χ0v) is 7.82. The van der Waals surface area contributed by atoms with E-state index < -0.39 is 0 Å². The van der Waals surface area contributed by atoms with E-state index in [1.54, 1.807) is 7.11 Å². The highest BCUT2D eigenvalue weighted by atomic mass is 16.5. The van der Waals surface area contributed by atoms with Crippen molar-refractivity contribution in [3.63, 3.8) is 0 Å². The Labute approximate surface area is 78.5 Å². The molecule has 0 spiro atoms. The fourth-order valence-electron chi connectivity index (χ4n) is 1.66. The summed E-state index contributed by atoms with van der Waals surface area (Å²) >= 11 is 0. The normalized spacial score (nSPS) is 19.6. The van der Waals surface area contributed by atoms with Gasteiger partial charge in [-0.25, -0.2) is 0 Å². The third kappa shape index (κ3) is 1.83. The van der Waals surface area contributed by atoms with Crippen LogP contribution in [0.25, 0.3) is 0 Å². The van der Waals surface area contributed by atoms with Crippen LogP contribution in [0.5, 0.6) is 5.75 Å². The highest BCUT2D eigenvalue weighted by Crippen LogP contribution is 2.29. The number of benzene rings is 1. The number of rotatable bonds is 3. The van der Waals surface area contributed by atoms with E-state index in [1.807, 2.05) is 12.1 Å². The minimum Gasteiger partial charge on any atom is -0.490 e. The Morgan fingerprint density at radius 2 is 2.31 bits per heavy atom. The summed E-state index contributed by atoms with van der Waals surface area (Å²) in [5.74, 6) is 1.05. The van der Waals surface area contributed by atoms with Crippen molar-refractivity contribution < 1.29 is 9.47 Å². The van der Waals surface area contributed by atoms with Crippen molar-refractivity contribution in [2.75, 3.05) is 13.7 Å². The van der Waals surface area contributed by atoms with E-state index in [2.05, 4.69) is 12.1 Å². The Bertz CT molecular complexity index is 258. The second kappa shape index (κ2) is 3.79. The fraction of sp³-hybridized carbons (Fsp3) is 0.455. The molecular weight excluding hydrogens is 164 g/mol. The fourth-order valence-corrected chi connectivity index (χ4v) is 1.66. The molecule has 2 rings (SSSR count). The smallest absolute Gasteiger partial charge is 0.123 e. The van der Waals surface area contributed by atoms with Gasteiger partial charge in [-0.2, -0.15) is 0 Å². The topological polar surface area (TPSA) is 18.5 Å². The monoisotopic (exact) mass is 178 g/mol. The molecule has 0 radical (unpaired) electrons. The van der Waals surface area contributed by atoms with Crippen LogP contribution in [0.3, 0.4) is 0 Å². The predicted molar refractivity (Wildman–Crippen MR) is 51.1 cm³/mol. The van der Waals surface area contributed by atoms with Gasteiger partial charge < -0.3 is 9.47 Å². The molecule has 0 saturated heterocycles. The van der Waals surface area contributed by atoms with Crippen molar-refractivity contribution in [1.29, 1.82) is 0 Å². The van der Waals surface area contributed by atoms with E-state index >= 15 is 0 Å². The molecule has 1 aliphatic heterocycles. The van der Waals surface area contributed by atoms with Crippen LogP contribution in [0.4, 0.5) is 0 Å². The lowest BCUT2D eigenvalue weighted by Gasteiger charge is -2.08. The molecule has 1 aromatic carbocycles. The molecule has 1 aliphatic rings. The lowest BCUT2D eigenvalue weighted by atomic mass is 10.1. The van der Waals surface area contributed by atoms with Gasteiger partial charge >= 0.3 is 0 Å². The molecule has 0 N–H and O–H groups in total. The van der Waals surface area contributed by atoms with Gasteiger partial charge in [-0.3, -0.25) is 0 Å². The van der Waals surface area contributed by atoms with Crippen molar-refractivity contribution >= 4 is 0 Å². The minimum absolute atomic E-state index is 0.317. The van der Waals surface area contributed by atoms with Crippen LogP contribution in [0.15, 0.2) is 24.3 Å². The van der Waals surface area contributed by atoms with E-state index in [1.165, 1.54) is 5.56 Å². The third-order valence-electron chi connectivity index (χ3n) is 2.36. The Morgan fingerprint density at radius 1 is 1.46 bits per heavy atom. The van der Waals surface area contributed by atoms with E-state index in [0.717, 1.165) is 25.2 Å². The van der Waals surface area contributed by atoms with Crippen molar-refractivity contribution in [3.05, 3.63) is 29.8 Å². The van der Waals surface area contributed by atoms with Crippen molar-refractivity contribution in [2.24, 2.45) is 0 Å². The lowest BCUT2D eigenvalue weighted by Crippen LogP contribution is -2.15. The molecule has 2 heteroatoms. The molecule has 0 amide bonds. The van der Waals surface area contributed by atoms with E-state index in [0.29, 0.717) is 6.10 Å². The average Bonchev–Trinajstić information content (AvgIpc) is 2.57. The van der Waals surface area contributed by atoms with Gasteiger partial charge in [-0.05, 0) is 11.6 Å². The summed E-state index contributed by atoms with van der Waals surface area (Å²) in [5.41, 5.74) is 1.32. The van der Waals surface area contributed by atoms with Gasteiger partial charge in [0.05, 0.1) is 0 Å². The minimum atomic E-state index is 0.317. The first-order valence-electron chi connectivity index (χ1n) is 4.63. The van der Waals surface area contributed by atoms with Gasteiger partial charge in [-0.1, -0.05) is 18.2 Å². The zero-order valence-electron chi connectivity index (χ0n) is 7.82. The highest BCUT2D eigenvalue weighted by molar-refractivity contribution is 5.37. The van der Waals surface area contributed by atoms with Crippen LogP contribution in [0.2, 0.25) is 0 Å². The average molecular weight is 178 g/mol. The predicted octanol–water partition coefficient (Wildman–Crippen LogP) is 2.03. The number of methoxy groups -OCH3 is 1. The van der Waals surface area contributed by atoms with Gasteiger partial charge in [0, 0.05) is 26.6 Å². The summed E-state index contributed by atoms with van der Waals surface area (Å²) < 4.78 is 10.8. The highest BCUT2D eigenvalue weighted by Gasteiger charge is 2.21. The first-order chi connectivity index (χ1) is 6.40. The quantitative estimate of drug-likeness (QED) is 0.705. The zero-order chi connectivity index (χ0) is 9.10. The van der Waals surface area contributed by atoms with Gasteiger partial charge in [0.25, 0.3) is 0 Å². The van der Waals surface area contributed by atoms with Crippen LogP contribution in [-0.4, -0.2) is 19.8 Å². The largest absolute Gasteiger partial charge is 0.490 e. The number of hydrogen-bond donors (Lipinski definition) is 0. The van der Waals surface area contributed by atoms with Crippen LogP contribution < -0.4 is 4.74 Å². The molecular formula is C11H14O2. The molecule has 0 fully saturated rings. The molecule has 1 unspecified atom stereocenters. The van der Waals surface area contributed by atoms with Crippen LogP contribution in [0, 0.1) is 0 Å². The summed E-state index contributed by atoms with van der Waals surface area (Å²) in [7, 11) is 1.72. The lowest BCUT2D eigenvalue weighted by molar-refractivity contribution is 0.138. The molecule has 1 heterocycles. The Balaban J connectivity index is 1.97. The molecule has 0 aromatic heterocycles. The number of hydrogen-bond acceptors (Lipinski definition) is 2. The molecule has 1 aromatic rings. The molecule has 70 valence electrons. The molecule has 0 aliphatic carbocycles. The first-order valence-corrected chi connectivity index (χ1v) is 4.63. The summed E-state index contributed by atoms with van der Waals surface area (Å²) in [6, 6.07) is 8.22. The molecule has 1 atom stereocenters. The SMILES string of the molecule is COCCC1Cc2ccccc2O1. The maximum absolute atomic E-state index is 5.73. The molecule has 2 nitrogen and oxygen atoms in total. The third-order valence-corrected chi connectivity index (χ3v) is 2.36. The Hall–Kier alpha value is -1.02. The summed E-state index contributed by atoms with van der Waals surface area (Å²) in [6.07, 6.45) is 2.32. The number of para-hydroxylation sites is 1. The van der Waals surface area contributed by atoms with Gasteiger partial charge in [0.15, 0.2) is 0 Å². The Morgan fingerprint density at radius 3 is 3.08 bits per heavy atom. The molecule has 13 heavy (non-hydrogen) atoms.